The van der Waals surface area contributed by atoms with Crippen molar-refractivity contribution in [3.05, 3.63) is 47.0 Å². The average Bonchev–Trinajstić information content (AvgIpc) is 3.18. The van der Waals surface area contributed by atoms with Crippen LogP contribution in [0.5, 0.6) is 5.75 Å². The van der Waals surface area contributed by atoms with Crippen molar-refractivity contribution in [1.82, 2.24) is 19.5 Å². The molecule has 0 unspecified atom stereocenters. The largest absolute Gasteiger partial charge is 0.493 e. The lowest BCUT2D eigenvalue weighted by Crippen LogP contribution is -2.48. The summed E-state index contributed by atoms with van der Waals surface area (Å²) in [6, 6.07) is 10.1. The monoisotopic (exact) mass is 591 g/mol. The van der Waals surface area contributed by atoms with E-state index >= 15 is 0 Å². The van der Waals surface area contributed by atoms with Crippen LogP contribution in [-0.2, 0) is 10.0 Å². The summed E-state index contributed by atoms with van der Waals surface area (Å²) in [6.45, 7) is 5.80. The Balaban J connectivity index is 1.09. The summed E-state index contributed by atoms with van der Waals surface area (Å²) in [4.78, 5) is 22.3. The number of anilines is 1. The highest BCUT2D eigenvalue weighted by molar-refractivity contribution is 7.89. The molecule has 12 heteroatoms. The molecule has 1 N–H and O–H groups in total. The van der Waals surface area contributed by atoms with Crippen LogP contribution in [0.3, 0.4) is 0 Å². The topological polar surface area (TPSA) is 95.1 Å². The number of amides is 1. The van der Waals surface area contributed by atoms with Gasteiger partial charge in [-0.05, 0) is 49.2 Å². The minimum atomic E-state index is -3.52. The Bertz CT molecular complexity index is 1400. The van der Waals surface area contributed by atoms with Crippen LogP contribution in [0.15, 0.2) is 41.3 Å². The third-order valence-electron chi connectivity index (χ3n) is 7.33. The van der Waals surface area contributed by atoms with Crippen LogP contribution in [0.2, 0.25) is 5.02 Å². The SMILES string of the molecule is COc1c(Cl)ccc2sc(N3CCN(CCNC(=O)c4ccc(S(=O)(=O)N5CCCCCC5)cc4)CC3)nc12. The number of fused-ring (bicyclic) bond motifs is 1. The molecule has 0 radical (unpaired) electrons. The van der Waals surface area contributed by atoms with E-state index in [1.54, 1.807) is 47.0 Å². The van der Waals surface area contributed by atoms with Gasteiger partial charge in [-0.25, -0.2) is 13.4 Å². The summed E-state index contributed by atoms with van der Waals surface area (Å²) >= 11 is 7.88. The minimum Gasteiger partial charge on any atom is -0.493 e. The molecule has 39 heavy (non-hydrogen) atoms. The first-order valence-corrected chi connectivity index (χ1v) is 16.0. The number of hydrogen-bond acceptors (Lipinski definition) is 8. The molecule has 0 spiro atoms. The van der Waals surface area contributed by atoms with Crippen molar-refractivity contribution >= 4 is 54.2 Å². The van der Waals surface area contributed by atoms with E-state index in [1.807, 2.05) is 12.1 Å². The van der Waals surface area contributed by atoms with Crippen molar-refractivity contribution in [2.75, 3.05) is 64.4 Å². The van der Waals surface area contributed by atoms with E-state index < -0.39 is 10.0 Å². The van der Waals surface area contributed by atoms with Gasteiger partial charge in [0.25, 0.3) is 5.91 Å². The Morgan fingerprint density at radius 1 is 1.00 bits per heavy atom. The van der Waals surface area contributed by atoms with Gasteiger partial charge in [0.15, 0.2) is 10.9 Å². The van der Waals surface area contributed by atoms with Gasteiger partial charge in [-0.3, -0.25) is 9.69 Å². The van der Waals surface area contributed by atoms with Gasteiger partial charge in [-0.2, -0.15) is 4.31 Å². The molecule has 1 aromatic heterocycles. The van der Waals surface area contributed by atoms with Gasteiger partial charge in [0.2, 0.25) is 10.0 Å². The summed E-state index contributed by atoms with van der Waals surface area (Å²) in [5.41, 5.74) is 1.25. The van der Waals surface area contributed by atoms with E-state index in [-0.39, 0.29) is 10.8 Å². The second-order valence-electron chi connectivity index (χ2n) is 9.85. The smallest absolute Gasteiger partial charge is 0.251 e. The lowest BCUT2D eigenvalue weighted by Gasteiger charge is -2.34. The number of thiazole rings is 1. The number of ether oxygens (including phenoxy) is 1. The maximum absolute atomic E-state index is 13.0. The van der Waals surface area contributed by atoms with Crippen molar-refractivity contribution < 1.29 is 17.9 Å². The number of rotatable bonds is 8. The van der Waals surface area contributed by atoms with Gasteiger partial charge >= 0.3 is 0 Å². The molecule has 0 saturated carbocycles. The van der Waals surface area contributed by atoms with Gasteiger partial charge in [0, 0.05) is 57.9 Å². The zero-order valence-corrected chi connectivity index (χ0v) is 24.5. The lowest BCUT2D eigenvalue weighted by atomic mass is 10.2. The number of sulfonamides is 1. The average molecular weight is 592 g/mol. The Morgan fingerprint density at radius 2 is 1.69 bits per heavy atom. The first-order valence-electron chi connectivity index (χ1n) is 13.4. The summed E-state index contributed by atoms with van der Waals surface area (Å²) in [5.74, 6) is 0.411. The van der Waals surface area contributed by atoms with E-state index in [0.29, 0.717) is 36.0 Å². The van der Waals surface area contributed by atoms with E-state index in [2.05, 4.69) is 15.1 Å². The molecule has 1 amide bonds. The molecule has 0 atom stereocenters. The van der Waals surface area contributed by atoms with Crippen LogP contribution < -0.4 is 15.0 Å². The highest BCUT2D eigenvalue weighted by atomic mass is 35.5. The van der Waals surface area contributed by atoms with Gasteiger partial charge in [-0.1, -0.05) is 35.8 Å². The Kier molecular flexibility index (Phi) is 8.92. The normalized spacial score (nSPS) is 17.7. The Morgan fingerprint density at radius 3 is 2.36 bits per heavy atom. The molecule has 9 nitrogen and oxygen atoms in total. The van der Waals surface area contributed by atoms with Crippen molar-refractivity contribution in [2.45, 2.75) is 30.6 Å². The predicted octanol–water partition coefficient (Wildman–Crippen LogP) is 4.08. The highest BCUT2D eigenvalue weighted by Crippen LogP contribution is 2.38. The van der Waals surface area contributed by atoms with Crippen LogP contribution in [-0.4, -0.2) is 88.0 Å². The second-order valence-corrected chi connectivity index (χ2v) is 13.2. The van der Waals surface area contributed by atoms with Gasteiger partial charge in [-0.15, -0.1) is 0 Å². The molecule has 5 rings (SSSR count). The molecule has 2 fully saturated rings. The molecule has 3 heterocycles. The maximum Gasteiger partial charge on any atom is 0.251 e. The molecular formula is C27H34ClN5O4S2. The number of carbonyl (C=O) groups is 1. The summed E-state index contributed by atoms with van der Waals surface area (Å²) in [6.07, 6.45) is 3.91. The lowest BCUT2D eigenvalue weighted by molar-refractivity contribution is 0.0947. The van der Waals surface area contributed by atoms with Crippen LogP contribution in [0.1, 0.15) is 36.0 Å². The molecular weight excluding hydrogens is 558 g/mol. The summed E-state index contributed by atoms with van der Waals surface area (Å²) in [7, 11) is -1.92. The number of nitrogens with one attached hydrogen (secondary N) is 1. The number of benzene rings is 2. The van der Waals surface area contributed by atoms with E-state index in [4.69, 9.17) is 21.3 Å². The molecule has 2 saturated heterocycles. The Hall–Kier alpha value is -2.44. The zero-order chi connectivity index (χ0) is 27.4. The first kappa shape index (κ1) is 28.1. The maximum atomic E-state index is 13.0. The molecule has 0 bridgehead atoms. The number of nitrogens with zero attached hydrogens (tertiary/aromatic N) is 4. The molecule has 2 aromatic carbocycles. The van der Waals surface area contributed by atoms with E-state index in [9.17, 15) is 13.2 Å². The fraction of sp³-hybridized carbons (Fsp3) is 0.481. The van der Waals surface area contributed by atoms with Gasteiger partial charge in [0.05, 0.1) is 21.7 Å². The number of aromatic nitrogens is 1. The van der Waals surface area contributed by atoms with Gasteiger partial charge in [0.1, 0.15) is 5.52 Å². The van der Waals surface area contributed by atoms with Crippen molar-refractivity contribution in [3.8, 4) is 5.75 Å². The molecule has 2 aliphatic heterocycles. The van der Waals surface area contributed by atoms with E-state index in [0.717, 1.165) is 73.8 Å². The number of methoxy groups -OCH3 is 1. The minimum absolute atomic E-state index is 0.200. The van der Waals surface area contributed by atoms with Crippen LogP contribution in [0.4, 0.5) is 5.13 Å². The third-order valence-corrected chi connectivity index (χ3v) is 10.6. The highest BCUT2D eigenvalue weighted by Gasteiger charge is 2.25. The van der Waals surface area contributed by atoms with E-state index in [1.165, 1.54) is 0 Å². The van der Waals surface area contributed by atoms with Crippen molar-refractivity contribution in [2.24, 2.45) is 0 Å². The molecule has 2 aliphatic rings. The fourth-order valence-electron chi connectivity index (χ4n) is 5.06. The first-order chi connectivity index (χ1) is 18.9. The number of hydrogen-bond donors (Lipinski definition) is 1. The standard InChI is InChI=1S/C27H34ClN5O4S2/c1-37-25-22(28)10-11-23-24(25)30-27(38-23)32-18-16-31(17-19-32)15-12-29-26(34)20-6-8-21(9-7-20)39(35,36)33-13-4-2-3-5-14-33/h6-11H,2-5,12-19H2,1H3,(H,29,34). The van der Waals surface area contributed by atoms with Crippen molar-refractivity contribution in [3.63, 3.8) is 0 Å². The second kappa shape index (κ2) is 12.4. The third kappa shape index (κ3) is 6.33. The quantitative estimate of drug-likeness (QED) is 0.422. The summed E-state index contributed by atoms with van der Waals surface area (Å²) in [5, 5.41) is 4.48. The molecule has 3 aromatic rings. The fourth-order valence-corrected chi connectivity index (χ4v) is 7.83. The number of piperazine rings is 1. The van der Waals surface area contributed by atoms with Crippen LogP contribution >= 0.6 is 22.9 Å². The summed E-state index contributed by atoms with van der Waals surface area (Å²) < 4.78 is 34.0. The van der Waals surface area contributed by atoms with Crippen LogP contribution in [0.25, 0.3) is 10.2 Å². The Labute approximate surface area is 238 Å². The molecule has 0 aliphatic carbocycles. The molecule has 210 valence electrons. The van der Waals surface area contributed by atoms with Crippen LogP contribution in [0, 0.1) is 0 Å². The predicted molar refractivity (Wildman–Crippen MR) is 156 cm³/mol. The number of carbonyl (C=O) groups excluding carboxylic acids is 1. The zero-order valence-electron chi connectivity index (χ0n) is 22.1. The number of halogens is 1. The van der Waals surface area contributed by atoms with Gasteiger partial charge < -0.3 is 15.0 Å². The van der Waals surface area contributed by atoms with Crippen molar-refractivity contribution in [1.29, 1.82) is 0 Å².